The summed E-state index contributed by atoms with van der Waals surface area (Å²) in [6.45, 7) is 1.01. The van der Waals surface area contributed by atoms with Gasteiger partial charge in [0.25, 0.3) is 10.0 Å². The Bertz CT molecular complexity index is 1160. The Morgan fingerprint density at radius 2 is 1.92 bits per heavy atom. The number of carbonyl (C=O) groups excluding carboxylic acids is 2. The molecule has 1 N–H and O–H groups in total. The average molecular weight is 387 g/mol. The van der Waals surface area contributed by atoms with E-state index in [4.69, 9.17) is 0 Å². The van der Waals surface area contributed by atoms with Gasteiger partial charge < -0.3 is 5.32 Å². The first-order valence-corrected chi connectivity index (χ1v) is 10.0. The highest BCUT2D eigenvalue weighted by atomic mass is 32.2. The summed E-state index contributed by atoms with van der Waals surface area (Å²) < 4.78 is 26.8. The van der Waals surface area contributed by atoms with E-state index in [1.165, 1.54) is 6.92 Å². The highest BCUT2D eigenvalue weighted by Gasteiger charge is 2.36. The van der Waals surface area contributed by atoms with Crippen LogP contribution in [0.1, 0.15) is 17.4 Å². The minimum Gasteiger partial charge on any atom is -0.300 e. The predicted octanol–water partition coefficient (Wildman–Crippen LogP) is 2.65. The van der Waals surface area contributed by atoms with Gasteiger partial charge >= 0.3 is 0 Å². The number of hydrogen-bond donors (Lipinski definition) is 1. The molecule has 4 rings (SSSR count). The highest BCUT2D eigenvalue weighted by molar-refractivity contribution is 7.93. The molecule has 1 aliphatic heterocycles. The number of thiazole rings is 1. The van der Waals surface area contributed by atoms with Gasteiger partial charge in [0.1, 0.15) is 12.2 Å². The van der Waals surface area contributed by atoms with Crippen LogP contribution in [-0.4, -0.2) is 31.6 Å². The van der Waals surface area contributed by atoms with Gasteiger partial charge in [0.2, 0.25) is 5.91 Å². The number of anilines is 2. The number of aromatic nitrogens is 1. The lowest BCUT2D eigenvalue weighted by Gasteiger charge is -2.17. The van der Waals surface area contributed by atoms with Crippen LogP contribution in [0.4, 0.5) is 10.8 Å². The largest absolute Gasteiger partial charge is 0.300 e. The molecule has 1 amide bonds. The number of carbonyl (C=O) groups is 2. The zero-order valence-corrected chi connectivity index (χ0v) is 15.2. The molecule has 2 heterocycles. The molecule has 0 saturated carbocycles. The van der Waals surface area contributed by atoms with Crippen LogP contribution in [-0.2, 0) is 14.8 Å². The summed E-state index contributed by atoms with van der Waals surface area (Å²) in [6, 6.07) is 10.3. The van der Waals surface area contributed by atoms with Gasteiger partial charge in [-0.15, -0.1) is 11.3 Å². The van der Waals surface area contributed by atoms with Gasteiger partial charge in [0.05, 0.1) is 10.6 Å². The molecule has 1 aromatic heterocycles. The first kappa shape index (κ1) is 16.7. The van der Waals surface area contributed by atoms with Crippen molar-refractivity contribution in [1.29, 1.82) is 0 Å². The molecule has 7 nitrogen and oxygen atoms in total. The molecular weight excluding hydrogens is 374 g/mol. The third-order valence-electron chi connectivity index (χ3n) is 4.08. The van der Waals surface area contributed by atoms with Crippen molar-refractivity contribution in [2.75, 3.05) is 16.2 Å². The highest BCUT2D eigenvalue weighted by Crippen LogP contribution is 2.41. The molecule has 0 aliphatic carbocycles. The van der Waals surface area contributed by atoms with Gasteiger partial charge in [-0.25, -0.2) is 13.4 Å². The van der Waals surface area contributed by atoms with E-state index in [1.54, 1.807) is 29.6 Å². The number of sulfonamides is 1. The lowest BCUT2D eigenvalue weighted by molar-refractivity contribution is -0.114. The van der Waals surface area contributed by atoms with Crippen LogP contribution in [0, 0.1) is 0 Å². The molecule has 0 spiro atoms. The Balaban J connectivity index is 1.63. The Morgan fingerprint density at radius 1 is 1.19 bits per heavy atom. The predicted molar refractivity (Wildman–Crippen MR) is 99.2 cm³/mol. The lowest BCUT2D eigenvalue weighted by atomic mass is 10.1. The normalized spacial score (nSPS) is 14.6. The maximum atomic E-state index is 12.8. The van der Waals surface area contributed by atoms with Gasteiger partial charge in [-0.05, 0) is 17.5 Å². The quantitative estimate of drug-likeness (QED) is 0.694. The first-order valence-electron chi connectivity index (χ1n) is 7.69. The molecule has 0 bridgehead atoms. The van der Waals surface area contributed by atoms with E-state index in [-0.39, 0.29) is 28.0 Å². The standard InChI is InChI=1S/C17H13N3O4S2/c1-10(21)12-9-25-17(18-12)19-15(22)8-20-13-6-2-4-11-5-3-7-14(16(11)13)26(20,23)24/h2-7,9H,8H2,1H3,(H,18,19,22). The second-order valence-electron chi connectivity index (χ2n) is 5.79. The molecule has 132 valence electrons. The second kappa shape index (κ2) is 5.89. The van der Waals surface area contributed by atoms with Gasteiger partial charge in [0.15, 0.2) is 10.9 Å². The van der Waals surface area contributed by atoms with E-state index in [9.17, 15) is 18.0 Å². The maximum absolute atomic E-state index is 12.8. The number of ketones is 1. The molecule has 0 fully saturated rings. The molecule has 0 radical (unpaired) electrons. The molecule has 2 aromatic carbocycles. The molecule has 0 atom stereocenters. The third-order valence-corrected chi connectivity index (χ3v) is 6.64. The van der Waals surface area contributed by atoms with Crippen LogP contribution in [0.3, 0.4) is 0 Å². The second-order valence-corrected chi connectivity index (χ2v) is 8.47. The van der Waals surface area contributed by atoms with E-state index >= 15 is 0 Å². The zero-order valence-electron chi connectivity index (χ0n) is 13.6. The first-order chi connectivity index (χ1) is 12.4. The van der Waals surface area contributed by atoms with Gasteiger partial charge in [-0.3, -0.25) is 13.9 Å². The minimum atomic E-state index is -3.79. The van der Waals surface area contributed by atoms with Crippen molar-refractivity contribution >= 4 is 54.6 Å². The summed E-state index contributed by atoms with van der Waals surface area (Å²) in [6.07, 6.45) is 0. The topological polar surface area (TPSA) is 96.4 Å². The Hall–Kier alpha value is -2.78. The number of rotatable bonds is 4. The molecule has 0 unspecified atom stereocenters. The fraction of sp³-hybridized carbons (Fsp3) is 0.118. The number of amides is 1. The molecule has 26 heavy (non-hydrogen) atoms. The number of Topliss-reactive ketones (excluding diaryl/α,β-unsaturated/α-hetero) is 1. The Labute approximate surface area is 153 Å². The summed E-state index contributed by atoms with van der Waals surface area (Å²) in [5, 5.41) is 5.78. The van der Waals surface area contributed by atoms with Crippen LogP contribution in [0.2, 0.25) is 0 Å². The van der Waals surface area contributed by atoms with E-state index in [0.717, 1.165) is 21.0 Å². The van der Waals surface area contributed by atoms with E-state index in [2.05, 4.69) is 10.3 Å². The Kier molecular flexibility index (Phi) is 3.78. The summed E-state index contributed by atoms with van der Waals surface area (Å²) >= 11 is 1.11. The van der Waals surface area contributed by atoms with Gasteiger partial charge in [0, 0.05) is 17.7 Å². The Morgan fingerprint density at radius 3 is 2.62 bits per heavy atom. The van der Waals surface area contributed by atoms with Crippen LogP contribution in [0.5, 0.6) is 0 Å². The number of hydrogen-bond acceptors (Lipinski definition) is 6. The third kappa shape index (κ3) is 2.56. The van der Waals surface area contributed by atoms with Crippen molar-refractivity contribution in [1.82, 2.24) is 4.98 Å². The molecular formula is C17H13N3O4S2. The minimum absolute atomic E-state index is 0.200. The maximum Gasteiger partial charge on any atom is 0.265 e. The average Bonchev–Trinajstić information content (AvgIpc) is 3.14. The summed E-state index contributed by atoms with van der Waals surface area (Å²) in [5.74, 6) is -0.728. The number of nitrogens with zero attached hydrogens (tertiary/aromatic N) is 2. The van der Waals surface area contributed by atoms with Gasteiger partial charge in [-0.2, -0.15) is 0 Å². The summed E-state index contributed by atoms with van der Waals surface area (Å²) in [4.78, 5) is 27.9. The van der Waals surface area contributed by atoms with Crippen molar-refractivity contribution in [3.05, 3.63) is 47.5 Å². The van der Waals surface area contributed by atoms with Crippen LogP contribution >= 0.6 is 11.3 Å². The lowest BCUT2D eigenvalue weighted by Crippen LogP contribution is -2.35. The van der Waals surface area contributed by atoms with Gasteiger partial charge in [-0.1, -0.05) is 24.3 Å². The molecule has 9 heteroatoms. The van der Waals surface area contributed by atoms with Crippen molar-refractivity contribution in [2.45, 2.75) is 11.8 Å². The van der Waals surface area contributed by atoms with Crippen LogP contribution in [0.25, 0.3) is 10.8 Å². The summed E-state index contributed by atoms with van der Waals surface area (Å²) in [5.41, 5.74) is 0.744. The van der Waals surface area contributed by atoms with Crippen molar-refractivity contribution in [2.24, 2.45) is 0 Å². The number of benzene rings is 2. The molecule has 3 aromatic rings. The fourth-order valence-electron chi connectivity index (χ4n) is 2.91. The molecule has 0 saturated heterocycles. The smallest absolute Gasteiger partial charge is 0.265 e. The van der Waals surface area contributed by atoms with E-state index in [1.807, 2.05) is 12.1 Å². The molecule has 1 aliphatic rings. The van der Waals surface area contributed by atoms with Crippen molar-refractivity contribution in [3.63, 3.8) is 0 Å². The van der Waals surface area contributed by atoms with Crippen LogP contribution < -0.4 is 9.62 Å². The number of nitrogens with one attached hydrogen (secondary N) is 1. The summed E-state index contributed by atoms with van der Waals surface area (Å²) in [7, 11) is -3.79. The zero-order chi connectivity index (χ0) is 18.5. The van der Waals surface area contributed by atoms with Crippen molar-refractivity contribution in [3.8, 4) is 0 Å². The monoisotopic (exact) mass is 387 g/mol. The SMILES string of the molecule is CC(=O)c1csc(NC(=O)CN2c3cccc4cccc(c34)S2(=O)=O)n1. The van der Waals surface area contributed by atoms with E-state index < -0.39 is 15.9 Å². The van der Waals surface area contributed by atoms with E-state index in [0.29, 0.717) is 11.1 Å². The van der Waals surface area contributed by atoms with Crippen LogP contribution in [0.15, 0.2) is 46.7 Å². The van der Waals surface area contributed by atoms with Crippen molar-refractivity contribution < 1.29 is 18.0 Å². The fourth-order valence-corrected chi connectivity index (χ4v) is 5.34.